The van der Waals surface area contributed by atoms with Gasteiger partial charge in [0, 0.05) is 152 Å². The molecular weight excluding hydrogens is 1260 g/mol. The van der Waals surface area contributed by atoms with Gasteiger partial charge in [0.05, 0.1) is 18.3 Å². The van der Waals surface area contributed by atoms with Crippen LogP contribution in [0.1, 0.15) is 170 Å². The summed E-state index contributed by atoms with van der Waals surface area (Å²) in [7, 11) is 0. The van der Waals surface area contributed by atoms with Crippen LogP contribution in [0.4, 0.5) is 40.3 Å². The molecule has 16 heteroatoms. The maximum Gasteiger partial charge on any atom is 0.165 e. The van der Waals surface area contributed by atoms with Crippen molar-refractivity contribution in [2.24, 2.45) is 0 Å². The van der Waals surface area contributed by atoms with Crippen molar-refractivity contribution >= 4 is 28.5 Å². The van der Waals surface area contributed by atoms with Gasteiger partial charge >= 0.3 is 0 Å². The van der Waals surface area contributed by atoms with Gasteiger partial charge in [-0.25, -0.2) is 17.6 Å². The van der Waals surface area contributed by atoms with Gasteiger partial charge in [-0.1, -0.05) is 115 Å². The zero-order chi connectivity index (χ0) is 69.1. The molecule has 526 valence electrons. The van der Waals surface area contributed by atoms with Crippen LogP contribution in [-0.4, -0.2) is 115 Å². The number of carbonyl (C=O) groups is 1. The fourth-order valence-electron chi connectivity index (χ4n) is 16.6. The van der Waals surface area contributed by atoms with Gasteiger partial charge in [-0.3, -0.25) is 24.4 Å². The van der Waals surface area contributed by atoms with Crippen LogP contribution in [0.15, 0.2) is 194 Å². The van der Waals surface area contributed by atoms with Crippen molar-refractivity contribution in [3.8, 4) is 0 Å². The molecule has 12 nitrogen and oxygen atoms in total. The van der Waals surface area contributed by atoms with E-state index in [1.165, 1.54) is 48.5 Å². The van der Waals surface area contributed by atoms with Crippen molar-refractivity contribution < 1.29 is 37.7 Å². The molecule has 4 fully saturated rings. The van der Waals surface area contributed by atoms with Crippen LogP contribution in [0.2, 0.25) is 0 Å². The number of hydrogen-bond donors (Lipinski definition) is 7. The lowest BCUT2D eigenvalue weighted by Gasteiger charge is -2.42. The van der Waals surface area contributed by atoms with E-state index >= 15 is 0 Å². The highest BCUT2D eigenvalue weighted by Gasteiger charge is 2.42. The van der Waals surface area contributed by atoms with E-state index in [0.29, 0.717) is 6.42 Å². The van der Waals surface area contributed by atoms with Gasteiger partial charge in [-0.2, -0.15) is 0 Å². The van der Waals surface area contributed by atoms with Crippen molar-refractivity contribution in [1.29, 1.82) is 0 Å². The smallest absolute Gasteiger partial charge is 0.165 e. The molecule has 8 aliphatic heterocycles. The highest BCUT2D eigenvalue weighted by molar-refractivity contribution is 6.02. The zero-order valence-electron chi connectivity index (χ0n) is 57.6. The van der Waals surface area contributed by atoms with Gasteiger partial charge in [0.1, 0.15) is 23.3 Å². The van der Waals surface area contributed by atoms with E-state index in [4.69, 9.17) is 0 Å². The Morgan fingerprint density at radius 3 is 0.840 bits per heavy atom. The Balaban J connectivity index is 0.000000119. The monoisotopic (exact) mass is 1360 g/mol. The van der Waals surface area contributed by atoms with E-state index in [-0.39, 0.29) is 69.5 Å². The predicted molar refractivity (Wildman–Crippen MR) is 391 cm³/mol. The van der Waals surface area contributed by atoms with E-state index < -0.39 is 0 Å². The molecule has 8 aromatic carbocycles. The average molecular weight is 1360 g/mol. The van der Waals surface area contributed by atoms with Crippen molar-refractivity contribution in [3.63, 3.8) is 0 Å². The lowest BCUT2D eigenvalue weighted by atomic mass is 9.83. The molecule has 4 spiro atoms. The molecule has 0 aliphatic carbocycles. The summed E-state index contributed by atoms with van der Waals surface area (Å²) in [6.45, 7) is 11.5. The molecule has 0 saturated carbocycles. The third-order valence-corrected chi connectivity index (χ3v) is 22.8. The number of para-hydroxylation sites is 4. The fraction of sp³-hybridized carbons (Fsp3) is 0.417. The molecular formula is C84H98F4N8O4. The molecule has 3 atom stereocenters. The zero-order valence-corrected chi connectivity index (χ0v) is 57.6. The highest BCUT2D eigenvalue weighted by Crippen LogP contribution is 2.44. The number of hydrogen-bond acceptors (Lipinski definition) is 12. The molecule has 8 heterocycles. The van der Waals surface area contributed by atoms with Crippen molar-refractivity contribution in [2.75, 3.05) is 73.6 Å². The van der Waals surface area contributed by atoms with E-state index in [2.05, 4.69) is 59.1 Å². The maximum absolute atomic E-state index is 13.1. The number of anilines is 4. The molecule has 100 heavy (non-hydrogen) atoms. The number of Topliss-reactive ketones (excluding diaryl/α,β-unsaturated/α-hetero) is 1. The number of rotatable bonds is 8. The van der Waals surface area contributed by atoms with E-state index in [1.54, 1.807) is 0 Å². The SMILES string of the molecule is O=C1CCC2(CCN(Cc3ccc(F)cc3)CC2)Nc2ccccc21.OC1CCC2(CCN(Cc3ccc(F)cc3)CC2)Nc2ccccc21.O[C@@H]1CCC2(CCN(Cc3ccc(F)cc3)CC2)Nc2ccccc21.O[C@H]1CCC2(CCN(Cc3ccc(F)cc3)CC2)Nc2ccccc21. The number of aliphatic hydroxyl groups excluding tert-OH is 3. The van der Waals surface area contributed by atoms with E-state index in [0.717, 1.165) is 242 Å². The Kier molecular flexibility index (Phi) is 22.5. The summed E-state index contributed by atoms with van der Waals surface area (Å²) in [5.41, 5.74) is 13.0. The minimum absolute atomic E-state index is 0.0154. The van der Waals surface area contributed by atoms with Crippen molar-refractivity contribution in [3.05, 3.63) is 262 Å². The summed E-state index contributed by atoms with van der Waals surface area (Å²) in [6, 6.07) is 59.4. The molecule has 4 saturated heterocycles. The summed E-state index contributed by atoms with van der Waals surface area (Å²) in [6.07, 6.45) is 14.2. The van der Waals surface area contributed by atoms with Gasteiger partial charge in [0.15, 0.2) is 5.78 Å². The first kappa shape index (κ1) is 70.5. The number of likely N-dealkylation sites (tertiary alicyclic amines) is 4. The predicted octanol–water partition coefficient (Wildman–Crippen LogP) is 16.5. The largest absolute Gasteiger partial charge is 0.388 e. The minimum atomic E-state index is -0.375. The van der Waals surface area contributed by atoms with E-state index in [9.17, 15) is 37.7 Å². The summed E-state index contributed by atoms with van der Waals surface area (Å²) in [5.74, 6) is -0.482. The van der Waals surface area contributed by atoms with Crippen LogP contribution in [0.3, 0.4) is 0 Å². The number of aliphatic hydroxyl groups is 3. The Morgan fingerprint density at radius 1 is 0.310 bits per heavy atom. The number of halogens is 4. The lowest BCUT2D eigenvalue weighted by molar-refractivity contribution is 0.0964. The van der Waals surface area contributed by atoms with Gasteiger partial charge < -0.3 is 36.6 Å². The topological polar surface area (TPSA) is 139 Å². The fourth-order valence-corrected chi connectivity index (χ4v) is 16.6. The number of piperidine rings is 4. The third-order valence-electron chi connectivity index (χ3n) is 22.8. The second-order valence-corrected chi connectivity index (χ2v) is 29.6. The average Bonchev–Trinajstić information content (AvgIpc) is 1.62. The number of nitrogens with one attached hydrogen (secondary N) is 4. The Hall–Kier alpha value is -7.93. The summed E-state index contributed by atoms with van der Waals surface area (Å²) < 4.78 is 52.2. The molecule has 1 unspecified atom stereocenters. The standard InChI is InChI=1S/3C21H25FN2O.C21H23FN2O/c4*22-17-7-5-16(6-8-17)15-24-13-11-21(12-14-24)10-9-20(25)18-3-1-2-4-19(18)23-21/h3*1-8,20,23,25H,9-15H2;1-8,23H,9-15H2/t2*20-;;/m10../s1. The molecule has 0 amide bonds. The van der Waals surface area contributed by atoms with Crippen LogP contribution in [0.25, 0.3) is 0 Å². The highest BCUT2D eigenvalue weighted by atomic mass is 19.1. The van der Waals surface area contributed by atoms with Gasteiger partial charge in [-0.15, -0.1) is 0 Å². The normalized spacial score (nSPS) is 22.1. The van der Waals surface area contributed by atoms with Gasteiger partial charge in [0.2, 0.25) is 0 Å². The first-order chi connectivity index (χ1) is 48.5. The molecule has 8 aliphatic rings. The van der Waals surface area contributed by atoms with Crippen LogP contribution < -0.4 is 21.3 Å². The molecule has 0 radical (unpaired) electrons. The first-order valence-electron chi connectivity index (χ1n) is 36.5. The number of ketones is 1. The van der Waals surface area contributed by atoms with Crippen LogP contribution in [-0.2, 0) is 26.2 Å². The summed E-state index contributed by atoms with van der Waals surface area (Å²) in [5, 5.41) is 46.3. The number of benzene rings is 8. The summed E-state index contributed by atoms with van der Waals surface area (Å²) >= 11 is 0. The molecule has 0 bridgehead atoms. The maximum atomic E-state index is 13.1. The van der Waals surface area contributed by atoms with Crippen molar-refractivity contribution in [2.45, 2.75) is 169 Å². The molecule has 0 aromatic heterocycles. The van der Waals surface area contributed by atoms with Crippen LogP contribution >= 0.6 is 0 Å². The minimum Gasteiger partial charge on any atom is -0.388 e. The Bertz CT molecular complexity index is 3660. The van der Waals surface area contributed by atoms with E-state index in [1.807, 2.05) is 127 Å². The summed E-state index contributed by atoms with van der Waals surface area (Å²) in [4.78, 5) is 22.1. The third kappa shape index (κ3) is 17.9. The lowest BCUT2D eigenvalue weighted by Crippen LogP contribution is -2.48. The van der Waals surface area contributed by atoms with Gasteiger partial charge in [0.25, 0.3) is 0 Å². The van der Waals surface area contributed by atoms with Gasteiger partial charge in [-0.05, 0) is 197 Å². The van der Waals surface area contributed by atoms with Crippen LogP contribution in [0.5, 0.6) is 0 Å². The molecule has 16 rings (SSSR count). The molecule has 7 N–H and O–H groups in total. The van der Waals surface area contributed by atoms with Crippen LogP contribution in [0, 0.1) is 23.3 Å². The number of fused-ring (bicyclic) bond motifs is 4. The second-order valence-electron chi connectivity index (χ2n) is 29.6. The quantitative estimate of drug-likeness (QED) is 0.0729. The Labute approximate surface area is 587 Å². The molecule has 8 aromatic rings. The second kappa shape index (κ2) is 31.9. The first-order valence-corrected chi connectivity index (χ1v) is 36.5. The van der Waals surface area contributed by atoms with Crippen molar-refractivity contribution in [1.82, 2.24) is 19.6 Å². The number of nitrogens with zero attached hydrogens (tertiary/aromatic N) is 4. The number of carbonyl (C=O) groups excluding carboxylic acids is 1. The Morgan fingerprint density at radius 2 is 0.550 bits per heavy atom.